The smallest absolute Gasteiger partial charge is 0.383 e. The van der Waals surface area contributed by atoms with Crippen LogP contribution >= 0.6 is 15.9 Å². The first-order chi connectivity index (χ1) is 6.41. The Kier molecular flexibility index (Phi) is 3.49. The number of pyridine rings is 1. The second-order valence-electron chi connectivity index (χ2n) is 2.69. The molecule has 0 aromatic carbocycles. The number of nitrogens with zero attached hydrogens (tertiary/aromatic N) is 1. The molecule has 14 heavy (non-hydrogen) atoms. The molecule has 1 atom stereocenters. The maximum absolute atomic E-state index is 12.0. The highest BCUT2D eigenvalue weighted by Gasteiger charge is 2.38. The monoisotopic (exact) mass is 269 g/mol. The molecule has 0 aliphatic carbocycles. The first-order valence-electron chi connectivity index (χ1n) is 3.75. The van der Waals surface area contributed by atoms with Crippen LogP contribution < -0.4 is 0 Å². The van der Waals surface area contributed by atoms with Gasteiger partial charge in [-0.1, -0.05) is 0 Å². The number of aromatic nitrogens is 1. The van der Waals surface area contributed by atoms with E-state index in [2.05, 4.69) is 20.9 Å². The summed E-state index contributed by atoms with van der Waals surface area (Å²) in [5, 5.41) is 8.78. The van der Waals surface area contributed by atoms with E-state index in [9.17, 15) is 13.2 Å². The number of aliphatic hydroxyl groups is 1. The number of aliphatic hydroxyl groups excluding tert-OH is 1. The van der Waals surface area contributed by atoms with Gasteiger partial charge in [-0.3, -0.25) is 4.98 Å². The van der Waals surface area contributed by atoms with Crippen LogP contribution in [0.25, 0.3) is 0 Å². The van der Waals surface area contributed by atoms with Crippen molar-refractivity contribution < 1.29 is 18.3 Å². The number of alkyl halides is 3. The van der Waals surface area contributed by atoms with Crippen LogP contribution in [0.2, 0.25) is 0 Å². The fourth-order valence-corrected chi connectivity index (χ4v) is 1.28. The van der Waals surface area contributed by atoms with Gasteiger partial charge in [0, 0.05) is 17.1 Å². The van der Waals surface area contributed by atoms with Crippen molar-refractivity contribution in [2.75, 3.05) is 0 Å². The third kappa shape index (κ3) is 2.95. The van der Waals surface area contributed by atoms with Gasteiger partial charge in [0.1, 0.15) is 0 Å². The maximum Gasteiger partial charge on any atom is 0.414 e. The number of hydrogen-bond acceptors (Lipinski definition) is 2. The first-order valence-corrected chi connectivity index (χ1v) is 4.54. The fourth-order valence-electron chi connectivity index (χ4n) is 0.867. The molecule has 1 unspecified atom stereocenters. The van der Waals surface area contributed by atoms with E-state index in [0.717, 1.165) is 0 Å². The number of halogens is 4. The third-order valence-electron chi connectivity index (χ3n) is 1.60. The molecule has 1 aromatic heterocycles. The predicted octanol–water partition coefficient (Wildman–Crippen LogP) is 2.31. The summed E-state index contributed by atoms with van der Waals surface area (Å²) in [6.07, 6.45) is -6.13. The Morgan fingerprint density at radius 3 is 2.64 bits per heavy atom. The average molecular weight is 270 g/mol. The molecule has 1 N–H and O–H groups in total. The summed E-state index contributed by atoms with van der Waals surface area (Å²) in [4.78, 5) is 3.72. The predicted molar refractivity (Wildman–Crippen MR) is 47.7 cm³/mol. The van der Waals surface area contributed by atoms with E-state index in [0.29, 0.717) is 4.47 Å². The van der Waals surface area contributed by atoms with Gasteiger partial charge in [0.05, 0.1) is 5.69 Å². The molecule has 0 saturated heterocycles. The average Bonchev–Trinajstić information content (AvgIpc) is 2.07. The van der Waals surface area contributed by atoms with E-state index >= 15 is 0 Å². The van der Waals surface area contributed by atoms with Gasteiger partial charge >= 0.3 is 6.18 Å². The molecular formula is C8H7BrF3NO. The lowest BCUT2D eigenvalue weighted by Crippen LogP contribution is -2.30. The van der Waals surface area contributed by atoms with E-state index in [-0.39, 0.29) is 5.69 Å². The molecule has 2 nitrogen and oxygen atoms in total. The van der Waals surface area contributed by atoms with Crippen molar-refractivity contribution in [3.05, 3.63) is 28.5 Å². The zero-order chi connectivity index (χ0) is 10.8. The van der Waals surface area contributed by atoms with Gasteiger partial charge in [-0.2, -0.15) is 13.2 Å². The highest BCUT2D eigenvalue weighted by molar-refractivity contribution is 9.10. The van der Waals surface area contributed by atoms with Crippen LogP contribution in [0.15, 0.2) is 22.8 Å². The molecule has 1 rings (SSSR count). The minimum atomic E-state index is -4.60. The van der Waals surface area contributed by atoms with Gasteiger partial charge in [-0.25, -0.2) is 0 Å². The topological polar surface area (TPSA) is 33.1 Å². The number of hydrogen-bond donors (Lipinski definition) is 1. The number of rotatable bonds is 2. The van der Waals surface area contributed by atoms with Gasteiger partial charge in [-0.15, -0.1) is 0 Å². The van der Waals surface area contributed by atoms with Gasteiger partial charge in [0.15, 0.2) is 6.10 Å². The van der Waals surface area contributed by atoms with Crippen molar-refractivity contribution in [2.45, 2.75) is 18.7 Å². The first kappa shape index (κ1) is 11.5. The van der Waals surface area contributed by atoms with Gasteiger partial charge in [-0.05, 0) is 28.1 Å². The molecule has 1 heterocycles. The minimum absolute atomic E-state index is 0.192. The summed E-state index contributed by atoms with van der Waals surface area (Å²) in [6.45, 7) is 0. The van der Waals surface area contributed by atoms with E-state index < -0.39 is 18.7 Å². The van der Waals surface area contributed by atoms with Crippen molar-refractivity contribution in [1.82, 2.24) is 4.98 Å². The van der Waals surface area contributed by atoms with Crippen molar-refractivity contribution >= 4 is 15.9 Å². The maximum atomic E-state index is 12.0. The molecule has 0 aliphatic rings. The summed E-state index contributed by atoms with van der Waals surface area (Å²) >= 11 is 3.05. The molecule has 0 amide bonds. The lowest BCUT2D eigenvalue weighted by atomic mass is 10.2. The van der Waals surface area contributed by atoms with Crippen LogP contribution in [-0.4, -0.2) is 22.4 Å². The van der Waals surface area contributed by atoms with Crippen molar-refractivity contribution in [3.8, 4) is 0 Å². The normalized spacial score (nSPS) is 14.1. The molecular weight excluding hydrogens is 263 g/mol. The summed E-state index contributed by atoms with van der Waals surface area (Å²) in [7, 11) is 0. The lowest BCUT2D eigenvalue weighted by molar-refractivity contribution is -0.203. The lowest BCUT2D eigenvalue weighted by Gasteiger charge is -2.14. The van der Waals surface area contributed by atoms with Gasteiger partial charge < -0.3 is 5.11 Å². The Morgan fingerprint density at radius 1 is 1.50 bits per heavy atom. The molecule has 0 radical (unpaired) electrons. The summed E-state index contributed by atoms with van der Waals surface area (Å²) in [5.74, 6) is 0. The van der Waals surface area contributed by atoms with Crippen LogP contribution in [0, 0.1) is 0 Å². The second kappa shape index (κ2) is 4.27. The summed E-state index contributed by atoms with van der Waals surface area (Å²) < 4.78 is 36.4. The molecule has 0 fully saturated rings. The second-order valence-corrected chi connectivity index (χ2v) is 3.55. The molecule has 6 heteroatoms. The van der Waals surface area contributed by atoms with Gasteiger partial charge in [0.2, 0.25) is 0 Å². The zero-order valence-electron chi connectivity index (χ0n) is 6.92. The summed E-state index contributed by atoms with van der Waals surface area (Å²) in [5.41, 5.74) is 0.192. The van der Waals surface area contributed by atoms with Crippen LogP contribution in [0.5, 0.6) is 0 Å². The Hall–Kier alpha value is -0.620. The SMILES string of the molecule is OC(Cc1ncccc1Br)C(F)(F)F. The molecule has 1 aromatic rings. The molecule has 78 valence electrons. The summed E-state index contributed by atoms with van der Waals surface area (Å²) in [6, 6.07) is 3.17. The molecule has 0 aliphatic heterocycles. The van der Waals surface area contributed by atoms with E-state index in [4.69, 9.17) is 5.11 Å². The van der Waals surface area contributed by atoms with Crippen LogP contribution in [0.1, 0.15) is 5.69 Å². The molecule has 0 spiro atoms. The van der Waals surface area contributed by atoms with E-state index in [1.165, 1.54) is 6.20 Å². The van der Waals surface area contributed by atoms with Crippen LogP contribution in [0.4, 0.5) is 13.2 Å². The van der Waals surface area contributed by atoms with E-state index in [1.807, 2.05) is 0 Å². The van der Waals surface area contributed by atoms with Crippen LogP contribution in [0.3, 0.4) is 0 Å². The highest BCUT2D eigenvalue weighted by atomic mass is 79.9. The quantitative estimate of drug-likeness (QED) is 0.894. The Balaban J connectivity index is 2.75. The molecule has 0 saturated carbocycles. The highest BCUT2D eigenvalue weighted by Crippen LogP contribution is 2.24. The third-order valence-corrected chi connectivity index (χ3v) is 2.32. The van der Waals surface area contributed by atoms with Crippen LogP contribution in [-0.2, 0) is 6.42 Å². The van der Waals surface area contributed by atoms with Gasteiger partial charge in [0.25, 0.3) is 0 Å². The van der Waals surface area contributed by atoms with Crippen molar-refractivity contribution in [1.29, 1.82) is 0 Å². The Morgan fingerprint density at radius 2 is 2.14 bits per heavy atom. The van der Waals surface area contributed by atoms with E-state index in [1.54, 1.807) is 12.1 Å². The van der Waals surface area contributed by atoms with Crippen molar-refractivity contribution in [3.63, 3.8) is 0 Å². The standard InChI is InChI=1S/C8H7BrF3NO/c9-5-2-1-3-13-6(5)4-7(14)8(10,11)12/h1-3,7,14H,4H2. The van der Waals surface area contributed by atoms with Crippen molar-refractivity contribution in [2.24, 2.45) is 0 Å². The fraction of sp³-hybridized carbons (Fsp3) is 0.375. The molecule has 0 bridgehead atoms. The Bertz CT molecular complexity index is 316. The largest absolute Gasteiger partial charge is 0.414 e. The minimum Gasteiger partial charge on any atom is -0.383 e. The Labute approximate surface area is 86.9 Å². The zero-order valence-corrected chi connectivity index (χ0v) is 8.51.